The molecule has 0 amide bonds. The second-order valence-corrected chi connectivity index (χ2v) is 3.84. The van der Waals surface area contributed by atoms with Gasteiger partial charge in [-0.25, -0.2) is 0 Å². The summed E-state index contributed by atoms with van der Waals surface area (Å²) in [6.45, 7) is 0.254. The van der Waals surface area contributed by atoms with Gasteiger partial charge in [-0.1, -0.05) is 42.5 Å². The molecule has 0 radical (unpaired) electrons. The van der Waals surface area contributed by atoms with Crippen LogP contribution < -0.4 is 10.1 Å². The summed E-state index contributed by atoms with van der Waals surface area (Å²) in [5.41, 5.74) is 1.53. The van der Waals surface area contributed by atoms with Crippen LogP contribution >= 0.6 is 0 Å². The Labute approximate surface area is 106 Å². The van der Waals surface area contributed by atoms with Crippen molar-refractivity contribution >= 4 is 11.5 Å². The van der Waals surface area contributed by atoms with E-state index in [1.807, 2.05) is 54.6 Å². The Morgan fingerprint density at radius 2 is 1.72 bits per heavy atom. The predicted molar refractivity (Wildman–Crippen MR) is 72.3 cm³/mol. The normalized spacial score (nSPS) is 9.83. The number of anilines is 1. The first kappa shape index (κ1) is 12.2. The standard InChI is InChI=1S/C15H15NO2/c1-18-15-10-6-5-9-13(15)16-11-14(17)12-7-3-2-4-8-12/h2-10,16H,11H2,1H3. The van der Waals surface area contributed by atoms with Gasteiger partial charge in [0.05, 0.1) is 19.3 Å². The molecule has 0 heterocycles. The maximum atomic E-state index is 11.9. The largest absolute Gasteiger partial charge is 0.495 e. The highest BCUT2D eigenvalue weighted by molar-refractivity contribution is 5.99. The zero-order valence-corrected chi connectivity index (χ0v) is 10.2. The Hall–Kier alpha value is -2.29. The molecule has 0 aliphatic rings. The number of hydrogen-bond donors (Lipinski definition) is 1. The number of para-hydroxylation sites is 2. The van der Waals surface area contributed by atoms with Gasteiger partial charge in [0.2, 0.25) is 0 Å². The zero-order chi connectivity index (χ0) is 12.8. The van der Waals surface area contributed by atoms with Crippen LogP contribution in [0.4, 0.5) is 5.69 Å². The lowest BCUT2D eigenvalue weighted by Crippen LogP contribution is -2.14. The molecule has 2 aromatic carbocycles. The van der Waals surface area contributed by atoms with Crippen LogP contribution in [0.2, 0.25) is 0 Å². The Morgan fingerprint density at radius 3 is 2.44 bits per heavy atom. The van der Waals surface area contributed by atoms with E-state index in [4.69, 9.17) is 4.74 Å². The van der Waals surface area contributed by atoms with Gasteiger partial charge in [0.25, 0.3) is 0 Å². The number of benzene rings is 2. The molecule has 0 saturated heterocycles. The Bertz CT molecular complexity index is 523. The Balaban J connectivity index is 2.02. The van der Waals surface area contributed by atoms with Crippen molar-refractivity contribution in [2.45, 2.75) is 0 Å². The van der Waals surface area contributed by atoms with Crippen molar-refractivity contribution in [1.29, 1.82) is 0 Å². The van der Waals surface area contributed by atoms with Gasteiger partial charge in [-0.3, -0.25) is 4.79 Å². The van der Waals surface area contributed by atoms with E-state index in [0.717, 1.165) is 11.4 Å². The predicted octanol–water partition coefficient (Wildman–Crippen LogP) is 2.99. The number of methoxy groups -OCH3 is 1. The number of ketones is 1. The summed E-state index contributed by atoms with van der Waals surface area (Å²) in [6.07, 6.45) is 0. The molecule has 3 heteroatoms. The van der Waals surface area contributed by atoms with E-state index < -0.39 is 0 Å². The molecule has 18 heavy (non-hydrogen) atoms. The van der Waals surface area contributed by atoms with E-state index in [2.05, 4.69) is 5.32 Å². The number of nitrogens with one attached hydrogen (secondary N) is 1. The molecule has 2 aromatic rings. The zero-order valence-electron chi connectivity index (χ0n) is 10.2. The Kier molecular flexibility index (Phi) is 3.97. The van der Waals surface area contributed by atoms with Crippen LogP contribution in [0.3, 0.4) is 0 Å². The van der Waals surface area contributed by atoms with Crippen LogP contribution in [0.5, 0.6) is 5.75 Å². The van der Waals surface area contributed by atoms with E-state index >= 15 is 0 Å². The van der Waals surface area contributed by atoms with Gasteiger partial charge in [0.15, 0.2) is 5.78 Å². The number of hydrogen-bond acceptors (Lipinski definition) is 3. The second kappa shape index (κ2) is 5.87. The van der Waals surface area contributed by atoms with Gasteiger partial charge < -0.3 is 10.1 Å². The second-order valence-electron chi connectivity index (χ2n) is 3.84. The summed E-state index contributed by atoms with van der Waals surface area (Å²) in [6, 6.07) is 16.8. The summed E-state index contributed by atoms with van der Waals surface area (Å²) < 4.78 is 5.21. The molecular weight excluding hydrogens is 226 g/mol. The molecule has 2 rings (SSSR count). The molecule has 0 unspecified atom stereocenters. The smallest absolute Gasteiger partial charge is 0.181 e. The van der Waals surface area contributed by atoms with Gasteiger partial charge in [0.1, 0.15) is 5.75 Å². The fraction of sp³-hybridized carbons (Fsp3) is 0.133. The average Bonchev–Trinajstić information content (AvgIpc) is 2.46. The van der Waals surface area contributed by atoms with E-state index in [9.17, 15) is 4.79 Å². The molecule has 1 N–H and O–H groups in total. The van der Waals surface area contributed by atoms with Crippen LogP contribution in [0.15, 0.2) is 54.6 Å². The highest BCUT2D eigenvalue weighted by Crippen LogP contribution is 2.22. The molecule has 0 aromatic heterocycles. The number of rotatable bonds is 5. The van der Waals surface area contributed by atoms with E-state index in [0.29, 0.717) is 5.56 Å². The van der Waals surface area contributed by atoms with Crippen LogP contribution in [-0.4, -0.2) is 19.4 Å². The van der Waals surface area contributed by atoms with Crippen LogP contribution in [-0.2, 0) is 0 Å². The van der Waals surface area contributed by atoms with E-state index in [1.54, 1.807) is 7.11 Å². The van der Waals surface area contributed by atoms with Crippen molar-refractivity contribution < 1.29 is 9.53 Å². The summed E-state index contributed by atoms with van der Waals surface area (Å²) in [5, 5.41) is 3.09. The number of Topliss-reactive ketones (excluding diaryl/α,β-unsaturated/α-hetero) is 1. The van der Waals surface area contributed by atoms with E-state index in [1.165, 1.54) is 0 Å². The van der Waals surface area contributed by atoms with Gasteiger partial charge in [-0.15, -0.1) is 0 Å². The minimum absolute atomic E-state index is 0.0570. The number of carbonyl (C=O) groups excluding carboxylic acids is 1. The van der Waals surface area contributed by atoms with Gasteiger partial charge >= 0.3 is 0 Å². The van der Waals surface area contributed by atoms with Crippen LogP contribution in [0.1, 0.15) is 10.4 Å². The molecule has 0 saturated carbocycles. The van der Waals surface area contributed by atoms with E-state index in [-0.39, 0.29) is 12.3 Å². The van der Waals surface area contributed by atoms with Crippen molar-refractivity contribution in [3.63, 3.8) is 0 Å². The SMILES string of the molecule is COc1ccccc1NCC(=O)c1ccccc1. The fourth-order valence-corrected chi connectivity index (χ4v) is 1.69. The first-order chi connectivity index (χ1) is 8.81. The third-order valence-corrected chi connectivity index (χ3v) is 2.64. The van der Waals surface area contributed by atoms with Crippen LogP contribution in [0.25, 0.3) is 0 Å². The minimum Gasteiger partial charge on any atom is -0.495 e. The van der Waals surface area contributed by atoms with Crippen molar-refractivity contribution in [2.24, 2.45) is 0 Å². The van der Waals surface area contributed by atoms with Crippen molar-refractivity contribution in [2.75, 3.05) is 19.0 Å². The summed E-state index contributed by atoms with van der Waals surface area (Å²) in [7, 11) is 1.61. The third kappa shape index (κ3) is 2.88. The molecule has 0 fully saturated rings. The molecule has 3 nitrogen and oxygen atoms in total. The average molecular weight is 241 g/mol. The highest BCUT2D eigenvalue weighted by atomic mass is 16.5. The molecule has 0 atom stereocenters. The molecule has 0 spiro atoms. The molecule has 0 bridgehead atoms. The Morgan fingerprint density at radius 1 is 1.06 bits per heavy atom. The van der Waals surface area contributed by atoms with Crippen molar-refractivity contribution in [1.82, 2.24) is 0 Å². The first-order valence-electron chi connectivity index (χ1n) is 5.76. The first-order valence-corrected chi connectivity index (χ1v) is 5.76. The maximum absolute atomic E-state index is 11.9. The van der Waals surface area contributed by atoms with Gasteiger partial charge in [-0.2, -0.15) is 0 Å². The maximum Gasteiger partial charge on any atom is 0.181 e. The van der Waals surface area contributed by atoms with Crippen LogP contribution in [0, 0.1) is 0 Å². The lowest BCUT2D eigenvalue weighted by atomic mass is 10.1. The topological polar surface area (TPSA) is 38.3 Å². The fourth-order valence-electron chi connectivity index (χ4n) is 1.69. The molecule has 92 valence electrons. The number of carbonyl (C=O) groups is 1. The monoisotopic (exact) mass is 241 g/mol. The van der Waals surface area contributed by atoms with Crippen molar-refractivity contribution in [3.05, 3.63) is 60.2 Å². The molecule has 0 aliphatic heterocycles. The number of ether oxygens (including phenoxy) is 1. The quantitative estimate of drug-likeness (QED) is 0.818. The van der Waals surface area contributed by atoms with Crippen molar-refractivity contribution in [3.8, 4) is 5.75 Å². The highest BCUT2D eigenvalue weighted by Gasteiger charge is 2.06. The summed E-state index contributed by atoms with van der Waals surface area (Å²) in [4.78, 5) is 11.9. The summed E-state index contributed by atoms with van der Waals surface area (Å²) >= 11 is 0. The molecular formula is C15H15NO2. The lowest BCUT2D eigenvalue weighted by molar-refractivity contribution is 0.101. The van der Waals surface area contributed by atoms with Gasteiger partial charge in [0, 0.05) is 5.56 Å². The summed E-state index contributed by atoms with van der Waals surface area (Å²) in [5.74, 6) is 0.792. The van der Waals surface area contributed by atoms with Gasteiger partial charge in [-0.05, 0) is 12.1 Å². The third-order valence-electron chi connectivity index (χ3n) is 2.64. The molecule has 0 aliphatic carbocycles. The minimum atomic E-state index is 0.0570. The lowest BCUT2D eigenvalue weighted by Gasteiger charge is -2.10.